The van der Waals surface area contributed by atoms with Crippen molar-refractivity contribution in [3.05, 3.63) is 17.0 Å². The van der Waals surface area contributed by atoms with Crippen LogP contribution in [0, 0.1) is 0 Å². The number of hydrogen-bond donors (Lipinski definition) is 0. The maximum atomic E-state index is 11.5. The molecule has 0 saturated heterocycles. The van der Waals surface area contributed by atoms with Crippen molar-refractivity contribution in [3.8, 4) is 0 Å². The van der Waals surface area contributed by atoms with Crippen molar-refractivity contribution in [1.82, 2.24) is 9.78 Å². The number of hydrogen-bond acceptors (Lipinski definition) is 4. The molecular formula is C9H12N2O2S. The van der Waals surface area contributed by atoms with Gasteiger partial charge >= 0.3 is 5.97 Å². The van der Waals surface area contributed by atoms with Gasteiger partial charge < -0.3 is 4.74 Å². The second-order valence-electron chi connectivity index (χ2n) is 3.19. The Morgan fingerprint density at radius 3 is 3.14 bits per heavy atom. The van der Waals surface area contributed by atoms with Crippen LogP contribution in [0.1, 0.15) is 21.7 Å². The van der Waals surface area contributed by atoms with Gasteiger partial charge in [-0.1, -0.05) is 0 Å². The fraction of sp³-hybridized carbons (Fsp3) is 0.556. The summed E-state index contributed by atoms with van der Waals surface area (Å²) in [4.78, 5) is 11.5. The van der Waals surface area contributed by atoms with E-state index in [0.717, 1.165) is 29.2 Å². The van der Waals surface area contributed by atoms with E-state index in [-0.39, 0.29) is 5.97 Å². The molecule has 0 atom stereocenters. The Hall–Kier alpha value is -0.970. The maximum Gasteiger partial charge on any atom is 0.356 e. The first-order chi connectivity index (χ1) is 6.74. The summed E-state index contributed by atoms with van der Waals surface area (Å²) in [5, 5.41) is 4.32. The van der Waals surface area contributed by atoms with Gasteiger partial charge in [-0.2, -0.15) is 16.9 Å². The van der Waals surface area contributed by atoms with Gasteiger partial charge in [0.2, 0.25) is 0 Å². The molecule has 0 aliphatic carbocycles. The van der Waals surface area contributed by atoms with E-state index in [0.29, 0.717) is 5.69 Å². The number of methoxy groups -OCH3 is 1. The third-order valence-electron chi connectivity index (χ3n) is 2.34. The van der Waals surface area contributed by atoms with Crippen molar-refractivity contribution < 1.29 is 9.53 Å². The molecule has 1 aromatic rings. The molecule has 1 aromatic heterocycles. The Labute approximate surface area is 86.6 Å². The SMILES string of the molecule is COC(=O)c1c2c(nn1C)CCSC2. The van der Waals surface area contributed by atoms with Gasteiger partial charge in [0.1, 0.15) is 5.69 Å². The molecule has 0 bridgehead atoms. The van der Waals surface area contributed by atoms with Crippen LogP contribution in [-0.4, -0.2) is 28.6 Å². The lowest BCUT2D eigenvalue weighted by Gasteiger charge is -2.09. The lowest BCUT2D eigenvalue weighted by Crippen LogP contribution is -2.11. The molecule has 2 heterocycles. The van der Waals surface area contributed by atoms with Crippen molar-refractivity contribution in [2.24, 2.45) is 7.05 Å². The Bertz CT molecular complexity index is 373. The van der Waals surface area contributed by atoms with Crippen molar-refractivity contribution >= 4 is 17.7 Å². The molecule has 76 valence electrons. The highest BCUT2D eigenvalue weighted by Gasteiger charge is 2.24. The summed E-state index contributed by atoms with van der Waals surface area (Å²) in [6.45, 7) is 0. The lowest BCUT2D eigenvalue weighted by atomic mass is 10.1. The first kappa shape index (κ1) is 9.58. The highest BCUT2D eigenvalue weighted by Crippen LogP contribution is 2.26. The molecule has 0 unspecified atom stereocenters. The number of carbonyl (C=O) groups is 1. The minimum atomic E-state index is -0.288. The Morgan fingerprint density at radius 1 is 1.64 bits per heavy atom. The number of esters is 1. The first-order valence-electron chi connectivity index (χ1n) is 4.45. The van der Waals surface area contributed by atoms with Gasteiger partial charge in [0.15, 0.2) is 0 Å². The molecule has 14 heavy (non-hydrogen) atoms. The van der Waals surface area contributed by atoms with Crippen molar-refractivity contribution in [3.63, 3.8) is 0 Å². The number of thioether (sulfide) groups is 1. The van der Waals surface area contributed by atoms with Crippen molar-refractivity contribution in [2.75, 3.05) is 12.9 Å². The fourth-order valence-corrected chi connectivity index (χ4v) is 2.66. The summed E-state index contributed by atoms with van der Waals surface area (Å²) >= 11 is 1.83. The van der Waals surface area contributed by atoms with E-state index in [2.05, 4.69) is 5.10 Å². The maximum absolute atomic E-state index is 11.5. The molecule has 0 fully saturated rings. The zero-order chi connectivity index (χ0) is 10.1. The Kier molecular flexibility index (Phi) is 2.50. The molecule has 2 rings (SSSR count). The quantitative estimate of drug-likeness (QED) is 0.651. The van der Waals surface area contributed by atoms with Gasteiger partial charge in [-0.25, -0.2) is 4.79 Å². The topological polar surface area (TPSA) is 44.1 Å². The van der Waals surface area contributed by atoms with Crippen molar-refractivity contribution in [2.45, 2.75) is 12.2 Å². The van der Waals surface area contributed by atoms with Crippen LogP contribution < -0.4 is 0 Å². The molecule has 0 amide bonds. The van der Waals surface area contributed by atoms with Crippen LogP contribution in [0.4, 0.5) is 0 Å². The van der Waals surface area contributed by atoms with Gasteiger partial charge in [-0.3, -0.25) is 4.68 Å². The molecule has 1 aliphatic rings. The van der Waals surface area contributed by atoms with Gasteiger partial charge in [-0.05, 0) is 5.75 Å². The van der Waals surface area contributed by atoms with E-state index in [1.807, 2.05) is 11.8 Å². The minimum absolute atomic E-state index is 0.288. The lowest BCUT2D eigenvalue weighted by molar-refractivity contribution is 0.0587. The van der Waals surface area contributed by atoms with Crippen LogP contribution in [0.2, 0.25) is 0 Å². The summed E-state index contributed by atoms with van der Waals surface area (Å²) < 4.78 is 6.36. The summed E-state index contributed by atoms with van der Waals surface area (Å²) in [5.74, 6) is 1.67. The predicted molar refractivity (Wildman–Crippen MR) is 54.4 cm³/mol. The minimum Gasteiger partial charge on any atom is -0.464 e. The summed E-state index contributed by atoms with van der Waals surface area (Å²) in [5.41, 5.74) is 2.71. The largest absolute Gasteiger partial charge is 0.464 e. The average Bonchev–Trinajstić information content (AvgIpc) is 2.53. The molecule has 0 spiro atoms. The highest BCUT2D eigenvalue weighted by atomic mass is 32.2. The zero-order valence-electron chi connectivity index (χ0n) is 8.24. The molecule has 0 N–H and O–H groups in total. The van der Waals surface area contributed by atoms with Crippen LogP contribution in [0.3, 0.4) is 0 Å². The molecule has 0 aromatic carbocycles. The van der Waals surface area contributed by atoms with Gasteiger partial charge in [0, 0.05) is 24.8 Å². The van der Waals surface area contributed by atoms with Crippen LogP contribution in [0.5, 0.6) is 0 Å². The third-order valence-corrected chi connectivity index (χ3v) is 3.32. The number of carbonyl (C=O) groups excluding carboxylic acids is 1. The number of ether oxygens (including phenoxy) is 1. The fourth-order valence-electron chi connectivity index (χ4n) is 1.67. The smallest absolute Gasteiger partial charge is 0.356 e. The molecular weight excluding hydrogens is 200 g/mol. The molecule has 0 saturated carbocycles. The summed E-state index contributed by atoms with van der Waals surface area (Å²) in [7, 11) is 3.19. The van der Waals surface area contributed by atoms with Crippen LogP contribution in [0.25, 0.3) is 0 Å². The van der Waals surface area contributed by atoms with E-state index in [1.54, 1.807) is 11.7 Å². The van der Waals surface area contributed by atoms with Crippen LogP contribution in [0.15, 0.2) is 0 Å². The van der Waals surface area contributed by atoms with Gasteiger partial charge in [0.05, 0.1) is 12.8 Å². The molecule has 4 nitrogen and oxygen atoms in total. The Balaban J connectivity index is 2.47. The highest BCUT2D eigenvalue weighted by molar-refractivity contribution is 7.98. The van der Waals surface area contributed by atoms with E-state index < -0.39 is 0 Å². The standard InChI is InChI=1S/C9H12N2O2S/c1-11-8(9(12)13-2)6-5-14-4-3-7(6)10-11/h3-5H2,1-2H3. The molecule has 0 radical (unpaired) electrons. The van der Waals surface area contributed by atoms with Crippen LogP contribution >= 0.6 is 11.8 Å². The second-order valence-corrected chi connectivity index (χ2v) is 4.30. The van der Waals surface area contributed by atoms with Gasteiger partial charge in [-0.15, -0.1) is 0 Å². The van der Waals surface area contributed by atoms with E-state index in [9.17, 15) is 4.79 Å². The summed E-state index contributed by atoms with van der Waals surface area (Å²) in [6, 6.07) is 0. The van der Waals surface area contributed by atoms with Gasteiger partial charge in [0.25, 0.3) is 0 Å². The average molecular weight is 212 g/mol. The number of aryl methyl sites for hydroxylation is 2. The molecule has 5 heteroatoms. The first-order valence-corrected chi connectivity index (χ1v) is 5.60. The normalized spacial score (nSPS) is 15.0. The Morgan fingerprint density at radius 2 is 2.43 bits per heavy atom. The van der Waals surface area contributed by atoms with Crippen molar-refractivity contribution in [1.29, 1.82) is 0 Å². The monoisotopic (exact) mass is 212 g/mol. The van der Waals surface area contributed by atoms with Crippen LogP contribution in [-0.2, 0) is 24.0 Å². The molecule has 1 aliphatic heterocycles. The number of aromatic nitrogens is 2. The summed E-state index contributed by atoms with van der Waals surface area (Å²) in [6.07, 6.45) is 0.949. The zero-order valence-corrected chi connectivity index (χ0v) is 9.06. The third kappa shape index (κ3) is 1.41. The van der Waals surface area contributed by atoms with E-state index in [1.165, 1.54) is 7.11 Å². The number of nitrogens with zero attached hydrogens (tertiary/aromatic N) is 2. The second kappa shape index (κ2) is 3.65. The number of rotatable bonds is 1. The number of fused-ring (bicyclic) bond motifs is 1. The predicted octanol–water partition coefficient (Wildman–Crippen LogP) is 0.996. The van der Waals surface area contributed by atoms with E-state index in [4.69, 9.17) is 4.74 Å². The van der Waals surface area contributed by atoms with E-state index >= 15 is 0 Å².